The van der Waals surface area contributed by atoms with Crippen molar-refractivity contribution in [1.82, 2.24) is 10.2 Å². The van der Waals surface area contributed by atoms with Gasteiger partial charge in [-0.1, -0.05) is 0 Å². The Bertz CT molecular complexity index is 273. The lowest BCUT2D eigenvalue weighted by Gasteiger charge is -2.36. The summed E-state index contributed by atoms with van der Waals surface area (Å²) in [4.78, 5) is 14.2. The number of hydrogen-bond donors (Lipinski definition) is 1. The molecule has 0 saturated carbocycles. The van der Waals surface area contributed by atoms with Gasteiger partial charge < -0.3 is 14.8 Å². The maximum Gasteiger partial charge on any atom is 0.326 e. The maximum atomic E-state index is 12.0. The fourth-order valence-electron chi connectivity index (χ4n) is 2.11. The minimum absolute atomic E-state index is 0.197. The Balaban J connectivity index is 4.64. The summed E-state index contributed by atoms with van der Waals surface area (Å²) in [5.74, 6) is -0.197. The van der Waals surface area contributed by atoms with Gasteiger partial charge in [0.2, 0.25) is 0 Å². The van der Waals surface area contributed by atoms with Gasteiger partial charge in [-0.15, -0.1) is 0 Å². The van der Waals surface area contributed by atoms with Gasteiger partial charge in [-0.05, 0) is 48.2 Å². The van der Waals surface area contributed by atoms with Crippen LogP contribution in [0.5, 0.6) is 0 Å². The minimum atomic E-state index is -0.656. The molecular formula is C14H30N2O3. The largest absolute Gasteiger partial charge is 0.465 e. The number of methoxy groups -OCH3 is 1. The van der Waals surface area contributed by atoms with Crippen LogP contribution in [0.2, 0.25) is 0 Å². The third kappa shape index (κ3) is 5.47. The van der Waals surface area contributed by atoms with E-state index in [1.165, 1.54) is 0 Å². The van der Waals surface area contributed by atoms with Gasteiger partial charge >= 0.3 is 5.97 Å². The molecule has 0 amide bonds. The van der Waals surface area contributed by atoms with Crippen LogP contribution in [-0.2, 0) is 14.3 Å². The highest BCUT2D eigenvalue weighted by molar-refractivity contribution is 5.80. The van der Waals surface area contributed by atoms with Gasteiger partial charge in [0.15, 0.2) is 0 Å². The van der Waals surface area contributed by atoms with Crippen LogP contribution >= 0.6 is 0 Å². The number of esters is 1. The van der Waals surface area contributed by atoms with Gasteiger partial charge in [-0.3, -0.25) is 9.69 Å². The molecule has 3 unspecified atom stereocenters. The molecule has 0 aliphatic heterocycles. The molecule has 0 fully saturated rings. The van der Waals surface area contributed by atoms with Crippen molar-refractivity contribution in [3.05, 3.63) is 0 Å². The van der Waals surface area contributed by atoms with Crippen LogP contribution in [0.1, 0.15) is 34.1 Å². The van der Waals surface area contributed by atoms with Crippen molar-refractivity contribution in [1.29, 1.82) is 0 Å². The summed E-state index contributed by atoms with van der Waals surface area (Å²) in [6.45, 7) is 9.01. The van der Waals surface area contributed by atoms with Gasteiger partial charge in [0, 0.05) is 19.2 Å². The zero-order valence-electron chi connectivity index (χ0n) is 13.4. The molecule has 0 rings (SSSR count). The SMILES string of the molecule is CCOC(=O)C(C)(CC(C)N(C)C(C)COC)NC. The second-order valence-electron chi connectivity index (χ2n) is 5.33. The lowest BCUT2D eigenvalue weighted by Crippen LogP contribution is -2.53. The van der Waals surface area contributed by atoms with Crippen LogP contribution in [0.15, 0.2) is 0 Å². The van der Waals surface area contributed by atoms with E-state index in [1.54, 1.807) is 14.2 Å². The summed E-state index contributed by atoms with van der Waals surface area (Å²) in [6, 6.07) is 0.551. The van der Waals surface area contributed by atoms with Crippen LogP contribution in [0.4, 0.5) is 0 Å². The first-order valence-corrected chi connectivity index (χ1v) is 6.89. The van der Waals surface area contributed by atoms with E-state index < -0.39 is 5.54 Å². The number of hydrogen-bond acceptors (Lipinski definition) is 5. The molecule has 0 aliphatic carbocycles. The maximum absolute atomic E-state index is 12.0. The highest BCUT2D eigenvalue weighted by Crippen LogP contribution is 2.18. The van der Waals surface area contributed by atoms with Crippen LogP contribution in [0.25, 0.3) is 0 Å². The van der Waals surface area contributed by atoms with Crippen molar-refractivity contribution in [2.45, 2.75) is 51.7 Å². The average Bonchev–Trinajstić information content (AvgIpc) is 2.38. The van der Waals surface area contributed by atoms with Gasteiger partial charge in [0.25, 0.3) is 0 Å². The molecule has 0 aromatic carbocycles. The Hall–Kier alpha value is -0.650. The first-order valence-electron chi connectivity index (χ1n) is 6.89. The van der Waals surface area contributed by atoms with Crippen LogP contribution in [0, 0.1) is 0 Å². The van der Waals surface area contributed by atoms with E-state index in [0.29, 0.717) is 25.7 Å². The highest BCUT2D eigenvalue weighted by Gasteiger charge is 2.36. The Morgan fingerprint density at radius 2 is 1.95 bits per heavy atom. The first-order chi connectivity index (χ1) is 8.82. The summed E-state index contributed by atoms with van der Waals surface area (Å²) < 4.78 is 10.3. The number of nitrogens with one attached hydrogen (secondary N) is 1. The molecular weight excluding hydrogens is 244 g/mol. The van der Waals surface area contributed by atoms with E-state index >= 15 is 0 Å². The van der Waals surface area contributed by atoms with Crippen LogP contribution in [0.3, 0.4) is 0 Å². The predicted molar refractivity (Wildman–Crippen MR) is 77.3 cm³/mol. The average molecular weight is 274 g/mol. The molecule has 0 aromatic rings. The van der Waals surface area contributed by atoms with E-state index in [1.807, 2.05) is 13.8 Å². The Labute approximate surface area is 117 Å². The summed E-state index contributed by atoms with van der Waals surface area (Å²) in [6.07, 6.45) is 0.687. The molecule has 0 aliphatic rings. The van der Waals surface area contributed by atoms with Crippen molar-refractivity contribution in [3.63, 3.8) is 0 Å². The van der Waals surface area contributed by atoms with E-state index in [4.69, 9.17) is 9.47 Å². The van der Waals surface area contributed by atoms with Gasteiger partial charge in [0.05, 0.1) is 13.2 Å². The zero-order valence-corrected chi connectivity index (χ0v) is 13.4. The quantitative estimate of drug-likeness (QED) is 0.642. The molecule has 19 heavy (non-hydrogen) atoms. The lowest BCUT2D eigenvalue weighted by molar-refractivity contribution is -0.151. The molecule has 0 heterocycles. The summed E-state index contributed by atoms with van der Waals surface area (Å²) >= 11 is 0. The standard InChI is InChI=1S/C14H30N2O3/c1-8-19-13(17)14(4,15-5)9-11(2)16(6)12(3)10-18-7/h11-12,15H,8-10H2,1-7H3. The van der Waals surface area contributed by atoms with Crippen LogP contribution < -0.4 is 5.32 Å². The summed E-state index contributed by atoms with van der Waals surface area (Å²) in [7, 11) is 5.54. The number of likely N-dealkylation sites (N-methyl/N-ethyl adjacent to an activating group) is 2. The molecule has 0 spiro atoms. The molecule has 3 atom stereocenters. The molecule has 5 heteroatoms. The highest BCUT2D eigenvalue weighted by atomic mass is 16.5. The van der Waals surface area contributed by atoms with E-state index in [-0.39, 0.29) is 12.0 Å². The fourth-order valence-corrected chi connectivity index (χ4v) is 2.11. The Morgan fingerprint density at radius 1 is 1.37 bits per heavy atom. The molecule has 0 radical (unpaired) electrons. The number of ether oxygens (including phenoxy) is 2. The third-order valence-corrected chi connectivity index (χ3v) is 3.78. The normalized spacial score (nSPS) is 17.9. The van der Waals surface area contributed by atoms with Gasteiger partial charge in [-0.25, -0.2) is 0 Å². The Kier molecular flexibility index (Phi) is 8.22. The van der Waals surface area contributed by atoms with Crippen molar-refractivity contribution in [3.8, 4) is 0 Å². The molecule has 1 N–H and O–H groups in total. The minimum Gasteiger partial charge on any atom is -0.465 e. The zero-order chi connectivity index (χ0) is 15.1. The van der Waals surface area contributed by atoms with Crippen molar-refractivity contribution >= 4 is 5.97 Å². The molecule has 0 saturated heterocycles. The van der Waals surface area contributed by atoms with Crippen molar-refractivity contribution in [2.24, 2.45) is 0 Å². The number of rotatable bonds is 9. The number of nitrogens with zero attached hydrogens (tertiary/aromatic N) is 1. The Morgan fingerprint density at radius 3 is 2.37 bits per heavy atom. The van der Waals surface area contributed by atoms with Crippen LogP contribution in [-0.4, -0.2) is 62.9 Å². The monoisotopic (exact) mass is 274 g/mol. The van der Waals surface area contributed by atoms with Crippen molar-refractivity contribution < 1.29 is 14.3 Å². The first kappa shape index (κ1) is 18.4. The smallest absolute Gasteiger partial charge is 0.326 e. The third-order valence-electron chi connectivity index (χ3n) is 3.78. The number of carbonyl (C=O) groups is 1. The van der Waals surface area contributed by atoms with E-state index in [2.05, 4.69) is 31.1 Å². The van der Waals surface area contributed by atoms with E-state index in [0.717, 1.165) is 0 Å². The van der Waals surface area contributed by atoms with Gasteiger partial charge in [-0.2, -0.15) is 0 Å². The fraction of sp³-hybridized carbons (Fsp3) is 0.929. The molecule has 5 nitrogen and oxygen atoms in total. The molecule has 0 bridgehead atoms. The van der Waals surface area contributed by atoms with Gasteiger partial charge in [0.1, 0.15) is 5.54 Å². The second-order valence-corrected chi connectivity index (χ2v) is 5.33. The summed E-state index contributed by atoms with van der Waals surface area (Å²) in [5.41, 5.74) is -0.656. The molecule has 0 aromatic heterocycles. The second kappa shape index (κ2) is 8.51. The van der Waals surface area contributed by atoms with Crippen molar-refractivity contribution in [2.75, 3.05) is 34.4 Å². The number of carbonyl (C=O) groups excluding carboxylic acids is 1. The summed E-state index contributed by atoms with van der Waals surface area (Å²) in [5, 5.41) is 3.09. The lowest BCUT2D eigenvalue weighted by atomic mass is 9.92. The molecule has 114 valence electrons. The topological polar surface area (TPSA) is 50.8 Å². The predicted octanol–water partition coefficient (Wildman–Crippen LogP) is 1.27. The van der Waals surface area contributed by atoms with E-state index in [9.17, 15) is 4.79 Å².